The third kappa shape index (κ3) is 2.06. The van der Waals surface area contributed by atoms with Gasteiger partial charge >= 0.3 is 0 Å². The zero-order valence-corrected chi connectivity index (χ0v) is 14.8. The maximum atomic E-state index is 11.9. The van der Waals surface area contributed by atoms with Crippen LogP contribution in [0.25, 0.3) is 0 Å². The van der Waals surface area contributed by atoms with Crippen LogP contribution in [0.3, 0.4) is 0 Å². The van der Waals surface area contributed by atoms with Crippen molar-refractivity contribution in [3.63, 3.8) is 0 Å². The molecule has 124 valence electrons. The lowest BCUT2D eigenvalue weighted by atomic mass is 9.54. The van der Waals surface area contributed by atoms with E-state index >= 15 is 0 Å². The first-order valence-corrected chi connectivity index (χ1v) is 9.40. The Kier molecular flexibility index (Phi) is 3.43. The Morgan fingerprint density at radius 2 is 1.91 bits per heavy atom. The average molecular weight is 333 g/mol. The lowest BCUT2D eigenvalue weighted by Gasteiger charge is -2.51. The molecule has 0 aromatic rings. The van der Waals surface area contributed by atoms with Gasteiger partial charge in [-0.15, -0.1) is 0 Å². The van der Waals surface area contributed by atoms with Crippen LogP contribution in [0.5, 0.6) is 0 Å². The topological polar surface area (TPSA) is 34.1 Å². The number of hydrogen-bond donors (Lipinski definition) is 0. The predicted molar refractivity (Wildman–Crippen MR) is 91.1 cm³/mol. The standard InChI is InChI=1S/C20H25ClO2/c1-19-9-7-13(22)11-12(19)3-4-14-15-5-6-17(18(21)23)20(15,2)10-8-16(14)19/h11,15,17H,3-10H2,1-2H3. The third-order valence-corrected chi connectivity index (χ3v) is 7.84. The summed E-state index contributed by atoms with van der Waals surface area (Å²) in [6.07, 6.45) is 9.87. The van der Waals surface area contributed by atoms with Crippen molar-refractivity contribution in [3.8, 4) is 0 Å². The molecule has 1 fully saturated rings. The van der Waals surface area contributed by atoms with E-state index in [4.69, 9.17) is 11.6 Å². The summed E-state index contributed by atoms with van der Waals surface area (Å²) in [5.74, 6) is 0.853. The molecule has 4 unspecified atom stereocenters. The fraction of sp³-hybridized carbons (Fsp3) is 0.700. The smallest absolute Gasteiger partial charge is 0.225 e. The second-order valence-electron chi connectivity index (χ2n) is 8.46. The van der Waals surface area contributed by atoms with Crippen LogP contribution in [0.1, 0.15) is 65.2 Å². The summed E-state index contributed by atoms with van der Waals surface area (Å²) >= 11 is 5.92. The Labute approximate surface area is 143 Å². The maximum absolute atomic E-state index is 11.9. The first-order valence-electron chi connectivity index (χ1n) is 9.02. The summed E-state index contributed by atoms with van der Waals surface area (Å²) < 4.78 is 0. The summed E-state index contributed by atoms with van der Waals surface area (Å²) in [6.45, 7) is 4.64. The molecule has 0 bridgehead atoms. The number of ketones is 1. The number of fused-ring (bicyclic) bond motifs is 4. The van der Waals surface area contributed by atoms with Crippen LogP contribution in [-0.2, 0) is 9.59 Å². The van der Waals surface area contributed by atoms with Crippen LogP contribution < -0.4 is 0 Å². The summed E-state index contributed by atoms with van der Waals surface area (Å²) in [7, 11) is 0. The molecule has 0 N–H and O–H groups in total. The molecule has 0 spiro atoms. The zero-order valence-electron chi connectivity index (χ0n) is 14.1. The monoisotopic (exact) mass is 332 g/mol. The molecule has 0 aromatic heterocycles. The van der Waals surface area contributed by atoms with Crippen molar-refractivity contribution in [2.45, 2.75) is 65.2 Å². The summed E-state index contributed by atoms with van der Waals surface area (Å²) in [5, 5.41) is -0.134. The third-order valence-electron chi connectivity index (χ3n) is 7.58. The summed E-state index contributed by atoms with van der Waals surface area (Å²) in [4.78, 5) is 23.7. The molecule has 4 aliphatic rings. The van der Waals surface area contributed by atoms with Crippen LogP contribution in [0, 0.1) is 22.7 Å². The molecule has 0 aromatic carbocycles. The fourth-order valence-corrected chi connectivity index (χ4v) is 6.53. The van der Waals surface area contributed by atoms with Gasteiger partial charge in [0.2, 0.25) is 5.24 Å². The van der Waals surface area contributed by atoms with E-state index in [1.54, 1.807) is 11.1 Å². The van der Waals surface area contributed by atoms with Crippen molar-refractivity contribution >= 4 is 22.6 Å². The molecule has 4 aliphatic carbocycles. The Bertz CT molecular complexity index is 659. The highest BCUT2D eigenvalue weighted by molar-refractivity contribution is 6.64. The molecule has 0 aliphatic heterocycles. The molecule has 3 heteroatoms. The Morgan fingerprint density at radius 1 is 1.13 bits per heavy atom. The van der Waals surface area contributed by atoms with Crippen molar-refractivity contribution < 1.29 is 9.59 Å². The lowest BCUT2D eigenvalue weighted by molar-refractivity contribution is -0.118. The van der Waals surface area contributed by atoms with E-state index in [-0.39, 0.29) is 22.0 Å². The van der Waals surface area contributed by atoms with Gasteiger partial charge < -0.3 is 0 Å². The van der Waals surface area contributed by atoms with Crippen LogP contribution in [0.15, 0.2) is 22.8 Å². The molecule has 0 amide bonds. The average Bonchev–Trinajstić information content (AvgIpc) is 2.85. The molecule has 4 rings (SSSR count). The van der Waals surface area contributed by atoms with Gasteiger partial charge in [0.05, 0.1) is 0 Å². The SMILES string of the molecule is CC12CCC(=O)C=C1CCC1=C2CCC2(C)C(C(=O)Cl)CCC12. The van der Waals surface area contributed by atoms with E-state index in [0.29, 0.717) is 18.1 Å². The molecule has 1 saturated carbocycles. The van der Waals surface area contributed by atoms with E-state index in [1.165, 1.54) is 5.57 Å². The number of carbonyl (C=O) groups is 2. The Balaban J connectivity index is 1.77. The van der Waals surface area contributed by atoms with E-state index < -0.39 is 0 Å². The van der Waals surface area contributed by atoms with Crippen molar-refractivity contribution in [1.82, 2.24) is 0 Å². The minimum absolute atomic E-state index is 0.0286. The van der Waals surface area contributed by atoms with Gasteiger partial charge in [0, 0.05) is 17.8 Å². The van der Waals surface area contributed by atoms with E-state index in [0.717, 1.165) is 44.9 Å². The minimum Gasteiger partial charge on any atom is -0.295 e. The van der Waals surface area contributed by atoms with Gasteiger partial charge in [0.25, 0.3) is 0 Å². The second kappa shape index (κ2) is 5.05. The fourth-order valence-electron chi connectivity index (χ4n) is 6.17. The predicted octanol–water partition coefficient (Wildman–Crippen LogP) is 4.96. The normalized spacial score (nSPS) is 42.7. The largest absolute Gasteiger partial charge is 0.295 e. The van der Waals surface area contributed by atoms with E-state index in [9.17, 15) is 9.59 Å². The van der Waals surface area contributed by atoms with Crippen molar-refractivity contribution in [1.29, 1.82) is 0 Å². The number of hydrogen-bond acceptors (Lipinski definition) is 2. The molecule has 23 heavy (non-hydrogen) atoms. The molecule has 0 saturated heterocycles. The zero-order chi connectivity index (χ0) is 16.4. The minimum atomic E-state index is -0.134. The van der Waals surface area contributed by atoms with Crippen LogP contribution in [0.4, 0.5) is 0 Å². The number of carbonyl (C=O) groups excluding carboxylic acids is 2. The molecular weight excluding hydrogens is 308 g/mol. The van der Waals surface area contributed by atoms with Gasteiger partial charge in [-0.05, 0) is 74.0 Å². The maximum Gasteiger partial charge on any atom is 0.225 e. The molecule has 2 nitrogen and oxygen atoms in total. The Morgan fingerprint density at radius 3 is 2.65 bits per heavy atom. The van der Waals surface area contributed by atoms with E-state index in [2.05, 4.69) is 13.8 Å². The van der Waals surface area contributed by atoms with Crippen molar-refractivity contribution in [3.05, 3.63) is 22.8 Å². The highest BCUT2D eigenvalue weighted by atomic mass is 35.5. The molecule has 0 radical (unpaired) electrons. The van der Waals surface area contributed by atoms with Gasteiger partial charge in [0.15, 0.2) is 5.78 Å². The first-order chi connectivity index (χ1) is 10.9. The van der Waals surface area contributed by atoms with Gasteiger partial charge in [-0.1, -0.05) is 30.6 Å². The Hall–Kier alpha value is -0.890. The van der Waals surface area contributed by atoms with Crippen LogP contribution in [0.2, 0.25) is 0 Å². The number of halogens is 1. The summed E-state index contributed by atoms with van der Waals surface area (Å²) in [5.41, 5.74) is 4.74. The van der Waals surface area contributed by atoms with Crippen LogP contribution in [-0.4, -0.2) is 11.0 Å². The first kappa shape index (κ1) is 15.6. The summed E-state index contributed by atoms with van der Waals surface area (Å²) in [6, 6.07) is 0. The highest BCUT2D eigenvalue weighted by Gasteiger charge is 2.55. The van der Waals surface area contributed by atoms with Gasteiger partial charge in [0.1, 0.15) is 0 Å². The van der Waals surface area contributed by atoms with Gasteiger partial charge in [-0.25, -0.2) is 0 Å². The highest BCUT2D eigenvalue weighted by Crippen LogP contribution is 2.64. The number of allylic oxidation sites excluding steroid dienone is 4. The molecule has 4 atom stereocenters. The number of rotatable bonds is 1. The van der Waals surface area contributed by atoms with Crippen molar-refractivity contribution in [2.75, 3.05) is 0 Å². The van der Waals surface area contributed by atoms with Gasteiger partial charge in [-0.3, -0.25) is 9.59 Å². The quantitative estimate of drug-likeness (QED) is 0.502. The molecule has 0 heterocycles. The van der Waals surface area contributed by atoms with Gasteiger partial charge in [-0.2, -0.15) is 0 Å². The lowest BCUT2D eigenvalue weighted by Crippen LogP contribution is -2.41. The van der Waals surface area contributed by atoms with E-state index in [1.807, 2.05) is 6.08 Å². The second-order valence-corrected chi connectivity index (χ2v) is 8.84. The van der Waals surface area contributed by atoms with Crippen LogP contribution >= 0.6 is 11.6 Å². The molecular formula is C20H25ClO2. The van der Waals surface area contributed by atoms with Crippen molar-refractivity contribution in [2.24, 2.45) is 22.7 Å².